The maximum atomic E-state index is 12.2. The highest BCUT2D eigenvalue weighted by atomic mass is 32.1. The van der Waals surface area contributed by atoms with Crippen LogP contribution in [0.1, 0.15) is 37.5 Å². The highest BCUT2D eigenvalue weighted by Crippen LogP contribution is 2.35. The summed E-state index contributed by atoms with van der Waals surface area (Å²) in [6.45, 7) is 1.60. The van der Waals surface area contributed by atoms with Gasteiger partial charge in [-0.2, -0.15) is 0 Å². The van der Waals surface area contributed by atoms with Gasteiger partial charge < -0.3 is 9.32 Å². The summed E-state index contributed by atoms with van der Waals surface area (Å²) in [5.74, 6) is 2.05. The zero-order chi connectivity index (χ0) is 14.2. The van der Waals surface area contributed by atoms with Gasteiger partial charge in [-0.1, -0.05) is 6.07 Å². The molecule has 2 fully saturated rings. The van der Waals surface area contributed by atoms with Crippen molar-refractivity contribution in [1.82, 2.24) is 15.1 Å². The summed E-state index contributed by atoms with van der Waals surface area (Å²) in [5, 5.41) is 10.3. The molecule has 0 unspecified atom stereocenters. The van der Waals surface area contributed by atoms with Crippen LogP contribution >= 0.6 is 11.3 Å². The van der Waals surface area contributed by atoms with E-state index in [0.717, 1.165) is 43.6 Å². The number of aromatic nitrogens is 2. The minimum atomic E-state index is 0.183. The van der Waals surface area contributed by atoms with Crippen molar-refractivity contribution in [3.63, 3.8) is 0 Å². The normalized spacial score (nSPS) is 22.5. The van der Waals surface area contributed by atoms with E-state index in [4.69, 9.17) is 4.42 Å². The first kappa shape index (κ1) is 13.0. The molecule has 5 nitrogen and oxygen atoms in total. The fourth-order valence-corrected chi connectivity index (χ4v) is 3.51. The second-order valence-corrected chi connectivity index (χ2v) is 6.77. The first-order valence-electron chi connectivity index (χ1n) is 7.47. The van der Waals surface area contributed by atoms with Crippen molar-refractivity contribution in [3.05, 3.63) is 23.4 Å². The molecular formula is C15H17N3O2S. The fourth-order valence-electron chi connectivity index (χ4n) is 2.87. The van der Waals surface area contributed by atoms with Crippen molar-refractivity contribution in [2.75, 3.05) is 13.1 Å². The number of nitrogens with zero attached hydrogens (tertiary/aromatic N) is 3. The van der Waals surface area contributed by atoms with Crippen LogP contribution in [0.25, 0.3) is 10.8 Å². The van der Waals surface area contributed by atoms with Crippen molar-refractivity contribution in [1.29, 1.82) is 0 Å². The molecule has 2 aromatic heterocycles. The molecule has 110 valence electrons. The quantitative estimate of drug-likeness (QED) is 0.874. The van der Waals surface area contributed by atoms with Crippen LogP contribution in [-0.4, -0.2) is 34.1 Å². The van der Waals surface area contributed by atoms with Gasteiger partial charge in [-0.05, 0) is 37.1 Å². The molecule has 1 amide bonds. The van der Waals surface area contributed by atoms with Gasteiger partial charge >= 0.3 is 0 Å². The Morgan fingerprint density at radius 1 is 1.33 bits per heavy atom. The lowest BCUT2D eigenvalue weighted by atomic mass is 9.97. The summed E-state index contributed by atoms with van der Waals surface area (Å²) in [6, 6.07) is 3.95. The molecule has 4 rings (SSSR count). The molecule has 1 aliphatic carbocycles. The molecule has 3 heterocycles. The van der Waals surface area contributed by atoms with Crippen molar-refractivity contribution < 1.29 is 9.21 Å². The number of piperidine rings is 1. The monoisotopic (exact) mass is 303 g/mol. The van der Waals surface area contributed by atoms with Gasteiger partial charge in [0.15, 0.2) is 0 Å². The van der Waals surface area contributed by atoms with Crippen LogP contribution in [0.5, 0.6) is 0 Å². The van der Waals surface area contributed by atoms with Gasteiger partial charge in [0.2, 0.25) is 11.8 Å². The van der Waals surface area contributed by atoms with E-state index in [2.05, 4.69) is 10.2 Å². The van der Waals surface area contributed by atoms with Crippen LogP contribution in [0.2, 0.25) is 0 Å². The van der Waals surface area contributed by atoms with E-state index in [1.165, 1.54) is 0 Å². The predicted molar refractivity (Wildman–Crippen MR) is 78.9 cm³/mol. The molecule has 21 heavy (non-hydrogen) atoms. The molecular weight excluding hydrogens is 286 g/mol. The molecule has 0 radical (unpaired) electrons. The van der Waals surface area contributed by atoms with Gasteiger partial charge in [-0.3, -0.25) is 4.79 Å². The first-order valence-corrected chi connectivity index (χ1v) is 8.35. The summed E-state index contributed by atoms with van der Waals surface area (Å²) < 4.78 is 5.82. The molecule has 1 saturated heterocycles. The second kappa shape index (κ2) is 5.26. The Labute approximate surface area is 127 Å². The first-order chi connectivity index (χ1) is 10.3. The van der Waals surface area contributed by atoms with Crippen molar-refractivity contribution in [2.45, 2.75) is 31.6 Å². The number of thiophene rings is 1. The Kier molecular flexibility index (Phi) is 3.25. The van der Waals surface area contributed by atoms with Crippen LogP contribution in [0.15, 0.2) is 21.9 Å². The zero-order valence-electron chi connectivity index (χ0n) is 11.7. The lowest BCUT2D eigenvalue weighted by Crippen LogP contribution is -2.40. The summed E-state index contributed by atoms with van der Waals surface area (Å²) in [5.41, 5.74) is 0. The number of carbonyl (C=O) groups excluding carboxylic acids is 1. The number of rotatable bonds is 3. The van der Waals surface area contributed by atoms with E-state index in [9.17, 15) is 4.79 Å². The molecule has 0 spiro atoms. The maximum Gasteiger partial charge on any atom is 0.257 e. The molecule has 0 bridgehead atoms. The number of carbonyl (C=O) groups is 1. The third kappa shape index (κ3) is 2.60. The van der Waals surface area contributed by atoms with E-state index >= 15 is 0 Å². The van der Waals surface area contributed by atoms with Crippen molar-refractivity contribution in [3.8, 4) is 10.8 Å². The van der Waals surface area contributed by atoms with E-state index in [1.807, 2.05) is 22.4 Å². The van der Waals surface area contributed by atoms with Crippen LogP contribution in [0.3, 0.4) is 0 Å². The van der Waals surface area contributed by atoms with Gasteiger partial charge in [0.25, 0.3) is 5.89 Å². The van der Waals surface area contributed by atoms with Crippen LogP contribution in [-0.2, 0) is 4.79 Å². The highest BCUT2D eigenvalue weighted by Gasteiger charge is 2.36. The van der Waals surface area contributed by atoms with E-state index < -0.39 is 0 Å². The van der Waals surface area contributed by atoms with Gasteiger partial charge in [0.1, 0.15) is 0 Å². The number of hydrogen-bond acceptors (Lipinski definition) is 5. The van der Waals surface area contributed by atoms with Crippen LogP contribution in [0.4, 0.5) is 0 Å². The molecule has 2 aromatic rings. The maximum absolute atomic E-state index is 12.2. The summed E-state index contributed by atoms with van der Waals surface area (Å²) >= 11 is 1.59. The average Bonchev–Trinajstić information content (AvgIpc) is 3.03. The van der Waals surface area contributed by atoms with E-state index in [-0.39, 0.29) is 11.8 Å². The van der Waals surface area contributed by atoms with E-state index in [0.29, 0.717) is 17.7 Å². The summed E-state index contributed by atoms with van der Waals surface area (Å²) in [4.78, 5) is 15.2. The third-order valence-electron chi connectivity index (χ3n) is 4.18. The molecule has 1 atom stereocenters. The van der Waals surface area contributed by atoms with E-state index in [1.54, 1.807) is 11.3 Å². The van der Waals surface area contributed by atoms with Crippen molar-refractivity contribution >= 4 is 17.2 Å². The number of amides is 1. The SMILES string of the molecule is O=C(C1CC1)N1CCC[C@H](c2nnc(-c3cccs3)o2)C1. The standard InChI is InChI=1S/C15H17N3O2S/c19-15(10-5-6-10)18-7-1-3-11(9-18)13-16-17-14(20-13)12-4-2-8-21-12/h2,4,8,10-11H,1,3,5-7,9H2/t11-/m0/s1. The Morgan fingerprint density at radius 2 is 2.24 bits per heavy atom. The van der Waals surface area contributed by atoms with Crippen molar-refractivity contribution in [2.24, 2.45) is 5.92 Å². The Hall–Kier alpha value is -1.69. The second-order valence-electron chi connectivity index (χ2n) is 5.82. The smallest absolute Gasteiger partial charge is 0.257 e. The van der Waals surface area contributed by atoms with Gasteiger partial charge in [0, 0.05) is 19.0 Å². The largest absolute Gasteiger partial charge is 0.420 e. The Balaban J connectivity index is 1.49. The molecule has 6 heteroatoms. The van der Waals surface area contributed by atoms with Gasteiger partial charge in [0.05, 0.1) is 10.8 Å². The topological polar surface area (TPSA) is 59.2 Å². The predicted octanol–water partition coefficient (Wildman–Crippen LogP) is 2.91. The molecule has 0 aromatic carbocycles. The van der Waals surface area contributed by atoms with Gasteiger partial charge in [-0.15, -0.1) is 21.5 Å². The average molecular weight is 303 g/mol. The zero-order valence-corrected chi connectivity index (χ0v) is 12.5. The Morgan fingerprint density at radius 3 is 3.00 bits per heavy atom. The van der Waals surface area contributed by atoms with Gasteiger partial charge in [-0.25, -0.2) is 0 Å². The summed E-state index contributed by atoms with van der Waals surface area (Å²) in [6.07, 6.45) is 4.15. The minimum Gasteiger partial charge on any atom is -0.420 e. The molecule has 0 N–H and O–H groups in total. The Bertz CT molecular complexity index is 633. The molecule has 2 aliphatic rings. The fraction of sp³-hybridized carbons (Fsp3) is 0.533. The van der Waals surface area contributed by atoms with Crippen LogP contribution in [0, 0.1) is 5.92 Å². The summed E-state index contributed by atoms with van der Waals surface area (Å²) in [7, 11) is 0. The molecule has 1 aliphatic heterocycles. The molecule has 1 saturated carbocycles. The third-order valence-corrected chi connectivity index (χ3v) is 5.04. The number of hydrogen-bond donors (Lipinski definition) is 0. The lowest BCUT2D eigenvalue weighted by Gasteiger charge is -2.31. The minimum absolute atomic E-state index is 0.183. The lowest BCUT2D eigenvalue weighted by molar-refractivity contribution is -0.133. The van der Waals surface area contributed by atoms with Crippen LogP contribution < -0.4 is 0 Å². The highest BCUT2D eigenvalue weighted by molar-refractivity contribution is 7.13. The number of likely N-dealkylation sites (tertiary alicyclic amines) is 1.